The number of alkyl carbamates (subject to hydrolysis) is 1. The lowest BCUT2D eigenvalue weighted by Gasteiger charge is -2.52. The number of hydrogen-bond acceptors (Lipinski definition) is 7. The van der Waals surface area contributed by atoms with E-state index in [-0.39, 0.29) is 29.3 Å². The third-order valence-corrected chi connectivity index (χ3v) is 12.4. The molecule has 4 aliphatic heterocycles. The first kappa shape index (κ1) is 34.2. The van der Waals surface area contributed by atoms with E-state index in [2.05, 4.69) is 49.2 Å². The standard InChI is InChI=1S/C39H52F2N6O2/c1-49-38(48)43-37-9-5-8-36(37)39(27-45-14-2-3-15-45,32-6-4-7-33(40)19-32)31-12-16-44(17-13-31)21-28-22-47(23-28)35-11-10-29(20-42)30(18-35)24-46-25-34(41)26-46/h4,6-7,10-11,18-19,28,31,34,36-37H,2-3,5,8-9,12-17,21-27H2,1H3,(H,43,48)/t36-,37-,39?/m0/s1. The van der Waals surface area contributed by atoms with Crippen LogP contribution in [-0.4, -0.2) is 106 Å². The van der Waals surface area contributed by atoms with Gasteiger partial charge in [-0.1, -0.05) is 18.6 Å². The SMILES string of the molecule is COC(=O)N[C@H]1CCC[C@@H]1C(CN1CCCC1)(c1cccc(F)c1)C1CCN(CC2CN(c3ccc(C#N)c(CN4CC(F)C4)c3)C2)CC1. The van der Waals surface area contributed by atoms with Gasteiger partial charge in [-0.25, -0.2) is 13.6 Å². The molecule has 0 spiro atoms. The van der Waals surface area contributed by atoms with Crippen molar-refractivity contribution in [3.8, 4) is 6.07 Å². The van der Waals surface area contributed by atoms with E-state index in [0.717, 1.165) is 101 Å². The molecule has 1 unspecified atom stereocenters. The number of carbonyl (C=O) groups excluding carboxylic acids is 1. The van der Waals surface area contributed by atoms with Crippen molar-refractivity contribution in [3.63, 3.8) is 0 Å². The van der Waals surface area contributed by atoms with Crippen LogP contribution in [-0.2, 0) is 16.7 Å². The number of methoxy groups -OCH3 is 1. The highest BCUT2D eigenvalue weighted by atomic mass is 19.1. The summed E-state index contributed by atoms with van der Waals surface area (Å²) in [5.41, 5.74) is 3.64. The molecule has 10 heteroatoms. The van der Waals surface area contributed by atoms with Crippen LogP contribution >= 0.6 is 0 Å². The number of benzene rings is 2. The van der Waals surface area contributed by atoms with E-state index < -0.39 is 6.17 Å². The Balaban J connectivity index is 1.03. The van der Waals surface area contributed by atoms with Gasteiger partial charge in [0.05, 0.1) is 18.7 Å². The van der Waals surface area contributed by atoms with Gasteiger partial charge in [0.1, 0.15) is 12.0 Å². The second-order valence-corrected chi connectivity index (χ2v) is 15.4. The largest absolute Gasteiger partial charge is 0.453 e. The number of piperidine rings is 1. The van der Waals surface area contributed by atoms with E-state index in [9.17, 15) is 14.4 Å². The van der Waals surface area contributed by atoms with Gasteiger partial charge in [0.25, 0.3) is 0 Å². The lowest BCUT2D eigenvalue weighted by atomic mass is 9.58. The van der Waals surface area contributed by atoms with Gasteiger partial charge < -0.3 is 24.8 Å². The number of likely N-dealkylation sites (tertiary alicyclic amines) is 3. The van der Waals surface area contributed by atoms with Crippen LogP contribution < -0.4 is 10.2 Å². The number of amides is 1. The summed E-state index contributed by atoms with van der Waals surface area (Å²) in [5, 5.41) is 12.8. The summed E-state index contributed by atoms with van der Waals surface area (Å²) in [6.07, 6.45) is 6.37. The number of ether oxygens (including phenoxy) is 1. The van der Waals surface area contributed by atoms with Crippen LogP contribution in [0.4, 0.5) is 19.3 Å². The Morgan fingerprint density at radius 1 is 0.959 bits per heavy atom. The van der Waals surface area contributed by atoms with Crippen molar-refractivity contribution < 1.29 is 18.3 Å². The molecular weight excluding hydrogens is 622 g/mol. The summed E-state index contributed by atoms with van der Waals surface area (Å²) in [6, 6.07) is 15.8. The molecule has 4 heterocycles. The number of carbonyl (C=O) groups is 1. The molecule has 1 saturated carbocycles. The molecule has 49 heavy (non-hydrogen) atoms. The van der Waals surface area contributed by atoms with Gasteiger partial charge in [-0.05, 0) is 118 Å². The first-order valence-electron chi connectivity index (χ1n) is 18.5. The Morgan fingerprint density at radius 3 is 2.43 bits per heavy atom. The van der Waals surface area contributed by atoms with Crippen molar-refractivity contribution >= 4 is 11.8 Å². The Morgan fingerprint density at radius 2 is 1.73 bits per heavy atom. The van der Waals surface area contributed by atoms with Gasteiger partial charge in [0, 0.05) is 68.9 Å². The molecule has 4 saturated heterocycles. The van der Waals surface area contributed by atoms with Crippen LogP contribution in [0.3, 0.4) is 0 Å². The quantitative estimate of drug-likeness (QED) is 0.335. The third-order valence-electron chi connectivity index (χ3n) is 12.4. The molecule has 3 atom stereocenters. The zero-order chi connectivity index (χ0) is 34.0. The summed E-state index contributed by atoms with van der Waals surface area (Å²) in [4.78, 5) is 22.2. The van der Waals surface area contributed by atoms with E-state index in [4.69, 9.17) is 4.74 Å². The second-order valence-electron chi connectivity index (χ2n) is 15.4. The predicted octanol–water partition coefficient (Wildman–Crippen LogP) is 5.56. The fraction of sp³-hybridized carbons (Fsp3) is 0.641. The Kier molecular flexibility index (Phi) is 10.4. The van der Waals surface area contributed by atoms with Crippen molar-refractivity contribution in [1.29, 1.82) is 5.26 Å². The number of rotatable bonds is 11. The van der Waals surface area contributed by atoms with Crippen molar-refractivity contribution in [2.24, 2.45) is 17.8 Å². The number of hydrogen-bond donors (Lipinski definition) is 1. The summed E-state index contributed by atoms with van der Waals surface area (Å²) in [5.74, 6) is 0.987. The van der Waals surface area contributed by atoms with Gasteiger partial charge in [-0.3, -0.25) is 4.90 Å². The van der Waals surface area contributed by atoms with Crippen LogP contribution in [0, 0.1) is 34.9 Å². The Labute approximate surface area is 290 Å². The Hall–Kier alpha value is -3.26. The van der Waals surface area contributed by atoms with Crippen molar-refractivity contribution in [3.05, 3.63) is 65.0 Å². The smallest absolute Gasteiger partial charge is 0.407 e. The normalized spacial score (nSPS) is 25.8. The van der Waals surface area contributed by atoms with E-state index in [1.165, 1.54) is 20.0 Å². The van der Waals surface area contributed by atoms with E-state index in [0.29, 0.717) is 37.0 Å². The molecule has 0 aromatic heterocycles. The highest BCUT2D eigenvalue weighted by molar-refractivity contribution is 5.67. The molecule has 1 N–H and O–H groups in total. The molecular formula is C39H52F2N6O2. The van der Waals surface area contributed by atoms with Crippen LogP contribution in [0.25, 0.3) is 0 Å². The Bertz CT molecular complexity index is 1490. The van der Waals surface area contributed by atoms with Gasteiger partial charge in [0.15, 0.2) is 0 Å². The number of halogens is 2. The topological polar surface area (TPSA) is 75.1 Å². The summed E-state index contributed by atoms with van der Waals surface area (Å²) in [7, 11) is 1.43. The molecule has 2 aromatic carbocycles. The lowest BCUT2D eigenvalue weighted by Crippen LogP contribution is -2.58. The predicted molar refractivity (Wildman–Crippen MR) is 187 cm³/mol. The molecule has 5 fully saturated rings. The van der Waals surface area contributed by atoms with Crippen LogP contribution in [0.5, 0.6) is 0 Å². The molecule has 8 nitrogen and oxygen atoms in total. The molecule has 0 bridgehead atoms. The summed E-state index contributed by atoms with van der Waals surface area (Å²) < 4.78 is 33.5. The number of nitrogens with zero attached hydrogens (tertiary/aromatic N) is 5. The zero-order valence-corrected chi connectivity index (χ0v) is 29.0. The zero-order valence-electron chi connectivity index (χ0n) is 29.0. The van der Waals surface area contributed by atoms with E-state index >= 15 is 4.39 Å². The molecule has 264 valence electrons. The van der Waals surface area contributed by atoms with Crippen molar-refractivity contribution in [2.75, 3.05) is 77.5 Å². The van der Waals surface area contributed by atoms with E-state index in [1.54, 1.807) is 12.1 Å². The van der Waals surface area contributed by atoms with Gasteiger partial charge >= 0.3 is 6.09 Å². The average Bonchev–Trinajstić information content (AvgIpc) is 3.77. The molecule has 0 radical (unpaired) electrons. The third kappa shape index (κ3) is 7.31. The molecule has 2 aromatic rings. The number of nitriles is 1. The summed E-state index contributed by atoms with van der Waals surface area (Å²) in [6.45, 7) is 9.67. The van der Waals surface area contributed by atoms with Crippen LogP contribution in [0.2, 0.25) is 0 Å². The van der Waals surface area contributed by atoms with Gasteiger partial charge in [-0.2, -0.15) is 5.26 Å². The lowest BCUT2D eigenvalue weighted by molar-refractivity contribution is 0.0436. The first-order chi connectivity index (χ1) is 23.8. The minimum atomic E-state index is -0.749. The minimum absolute atomic E-state index is 0.00608. The van der Waals surface area contributed by atoms with Crippen molar-refractivity contribution in [1.82, 2.24) is 20.0 Å². The molecule has 1 amide bonds. The average molecular weight is 675 g/mol. The number of nitrogens with one attached hydrogen (secondary N) is 1. The van der Waals surface area contributed by atoms with Gasteiger partial charge in [-0.15, -0.1) is 0 Å². The summed E-state index contributed by atoms with van der Waals surface area (Å²) >= 11 is 0. The molecule has 1 aliphatic carbocycles. The van der Waals surface area contributed by atoms with Crippen LogP contribution in [0.1, 0.15) is 61.6 Å². The highest BCUT2D eigenvalue weighted by Crippen LogP contribution is 2.51. The highest BCUT2D eigenvalue weighted by Gasteiger charge is 2.53. The van der Waals surface area contributed by atoms with Crippen molar-refractivity contribution in [2.45, 2.75) is 69.1 Å². The van der Waals surface area contributed by atoms with E-state index in [1.807, 2.05) is 12.1 Å². The maximum absolute atomic E-state index is 15.0. The monoisotopic (exact) mass is 674 g/mol. The van der Waals surface area contributed by atoms with Crippen LogP contribution in [0.15, 0.2) is 42.5 Å². The molecule has 5 aliphatic rings. The molecule has 7 rings (SSSR count). The maximum atomic E-state index is 15.0. The number of alkyl halides is 1. The second kappa shape index (κ2) is 14.9. The minimum Gasteiger partial charge on any atom is -0.453 e. The fourth-order valence-corrected chi connectivity index (χ4v) is 9.92. The fourth-order valence-electron chi connectivity index (χ4n) is 9.92. The maximum Gasteiger partial charge on any atom is 0.407 e. The number of anilines is 1. The first-order valence-corrected chi connectivity index (χ1v) is 18.5. The van der Waals surface area contributed by atoms with Gasteiger partial charge in [0.2, 0.25) is 0 Å².